The van der Waals surface area contributed by atoms with Crippen LogP contribution >= 0.6 is 0 Å². The first-order valence-electron chi connectivity index (χ1n) is 7.93. The number of nitrogens with two attached hydrogens (primary N) is 1. The van der Waals surface area contributed by atoms with Crippen LogP contribution in [0, 0.1) is 17.5 Å². The van der Waals surface area contributed by atoms with Crippen molar-refractivity contribution < 1.29 is 22.8 Å². The van der Waals surface area contributed by atoms with Gasteiger partial charge in [-0.3, -0.25) is 9.59 Å². The number of rotatable bonds is 7. The summed E-state index contributed by atoms with van der Waals surface area (Å²) in [7, 11) is 0. The van der Waals surface area contributed by atoms with Gasteiger partial charge < -0.3 is 16.4 Å². The summed E-state index contributed by atoms with van der Waals surface area (Å²) in [6.07, 6.45) is 0.677. The highest BCUT2D eigenvalue weighted by Crippen LogP contribution is 2.15. The van der Waals surface area contributed by atoms with E-state index < -0.39 is 28.9 Å². The third-order valence-electron chi connectivity index (χ3n) is 3.62. The second-order valence-corrected chi connectivity index (χ2v) is 5.50. The molecule has 2 rings (SSSR count). The SMILES string of the molecule is NCCCNC(=O)c1ccc(CNC(=O)c2ccc(F)c(F)c2F)cc1. The number of nitrogens with one attached hydrogen (secondary N) is 2. The van der Waals surface area contributed by atoms with Crippen molar-refractivity contribution in [3.05, 3.63) is 70.5 Å². The molecule has 0 saturated carbocycles. The summed E-state index contributed by atoms with van der Waals surface area (Å²) < 4.78 is 39.6. The van der Waals surface area contributed by atoms with Crippen LogP contribution < -0.4 is 16.4 Å². The van der Waals surface area contributed by atoms with Gasteiger partial charge in [0, 0.05) is 18.7 Å². The summed E-state index contributed by atoms with van der Waals surface area (Å²) in [6, 6.07) is 7.97. The van der Waals surface area contributed by atoms with Gasteiger partial charge in [0.15, 0.2) is 17.5 Å². The number of amides is 2. The lowest BCUT2D eigenvalue weighted by Gasteiger charge is -2.08. The van der Waals surface area contributed by atoms with Gasteiger partial charge in [0.05, 0.1) is 5.56 Å². The lowest BCUT2D eigenvalue weighted by Crippen LogP contribution is -2.26. The fourth-order valence-corrected chi connectivity index (χ4v) is 2.16. The molecule has 0 aliphatic carbocycles. The fraction of sp³-hybridized carbons (Fsp3) is 0.222. The predicted octanol–water partition coefficient (Wildman–Crippen LogP) is 2.11. The first-order chi connectivity index (χ1) is 12.4. The molecule has 2 amide bonds. The zero-order valence-corrected chi connectivity index (χ0v) is 13.8. The van der Waals surface area contributed by atoms with E-state index >= 15 is 0 Å². The summed E-state index contributed by atoms with van der Waals surface area (Å²) >= 11 is 0. The minimum Gasteiger partial charge on any atom is -0.352 e. The molecule has 5 nitrogen and oxygen atoms in total. The van der Waals surface area contributed by atoms with Gasteiger partial charge in [0.1, 0.15) is 0 Å². The Labute approximate surface area is 148 Å². The molecule has 0 spiro atoms. The summed E-state index contributed by atoms with van der Waals surface area (Å²) in [5.41, 5.74) is 5.87. The minimum absolute atomic E-state index is 0.0341. The van der Waals surface area contributed by atoms with Crippen LogP contribution in [-0.2, 0) is 6.54 Å². The van der Waals surface area contributed by atoms with Crippen LogP contribution in [0.4, 0.5) is 13.2 Å². The predicted molar refractivity (Wildman–Crippen MR) is 89.9 cm³/mol. The van der Waals surface area contributed by atoms with Crippen molar-refractivity contribution in [2.45, 2.75) is 13.0 Å². The highest BCUT2D eigenvalue weighted by Gasteiger charge is 2.18. The van der Waals surface area contributed by atoms with Crippen molar-refractivity contribution in [1.82, 2.24) is 10.6 Å². The van der Waals surface area contributed by atoms with Crippen LogP contribution in [0.5, 0.6) is 0 Å². The Kier molecular flexibility index (Phi) is 6.74. The zero-order chi connectivity index (χ0) is 19.1. The normalized spacial score (nSPS) is 10.5. The first-order valence-corrected chi connectivity index (χ1v) is 7.93. The van der Waals surface area contributed by atoms with E-state index in [1.165, 1.54) is 0 Å². The highest BCUT2D eigenvalue weighted by molar-refractivity contribution is 5.95. The van der Waals surface area contributed by atoms with Gasteiger partial charge in [0.25, 0.3) is 11.8 Å². The Morgan fingerprint density at radius 2 is 1.58 bits per heavy atom. The van der Waals surface area contributed by atoms with Gasteiger partial charge in [-0.25, -0.2) is 13.2 Å². The fourth-order valence-electron chi connectivity index (χ4n) is 2.16. The van der Waals surface area contributed by atoms with Crippen molar-refractivity contribution >= 4 is 11.8 Å². The van der Waals surface area contributed by atoms with E-state index in [4.69, 9.17) is 5.73 Å². The van der Waals surface area contributed by atoms with Crippen LogP contribution in [0.2, 0.25) is 0 Å². The Morgan fingerprint density at radius 3 is 2.23 bits per heavy atom. The second kappa shape index (κ2) is 9.00. The topological polar surface area (TPSA) is 84.2 Å². The molecule has 0 atom stereocenters. The van der Waals surface area contributed by atoms with E-state index in [0.29, 0.717) is 36.7 Å². The van der Waals surface area contributed by atoms with Gasteiger partial charge in [0.2, 0.25) is 0 Å². The van der Waals surface area contributed by atoms with Gasteiger partial charge in [-0.1, -0.05) is 12.1 Å². The van der Waals surface area contributed by atoms with E-state index in [9.17, 15) is 22.8 Å². The number of carbonyl (C=O) groups is 2. The van der Waals surface area contributed by atoms with E-state index in [1.807, 2.05) is 0 Å². The third-order valence-corrected chi connectivity index (χ3v) is 3.62. The minimum atomic E-state index is -1.69. The molecule has 26 heavy (non-hydrogen) atoms. The molecule has 0 bridgehead atoms. The standard InChI is InChI=1S/C18H18F3N3O2/c19-14-7-6-13(15(20)16(14)21)18(26)24-10-11-2-4-12(5-3-11)17(25)23-9-1-8-22/h2-7H,1,8-10,22H2,(H,23,25)(H,24,26). The van der Waals surface area contributed by atoms with Gasteiger partial charge in [-0.2, -0.15) is 0 Å². The smallest absolute Gasteiger partial charge is 0.254 e. The molecule has 0 aliphatic heterocycles. The molecule has 138 valence electrons. The largest absolute Gasteiger partial charge is 0.352 e. The maximum absolute atomic E-state index is 13.6. The van der Waals surface area contributed by atoms with E-state index in [-0.39, 0.29) is 12.5 Å². The van der Waals surface area contributed by atoms with Crippen molar-refractivity contribution in [2.24, 2.45) is 5.73 Å². The average molecular weight is 365 g/mol. The number of carbonyl (C=O) groups excluding carboxylic acids is 2. The van der Waals surface area contributed by atoms with Gasteiger partial charge >= 0.3 is 0 Å². The number of benzene rings is 2. The molecule has 2 aromatic rings. The van der Waals surface area contributed by atoms with E-state index in [2.05, 4.69) is 10.6 Å². The summed E-state index contributed by atoms with van der Waals surface area (Å²) in [5.74, 6) is -5.70. The van der Waals surface area contributed by atoms with Crippen molar-refractivity contribution in [3.63, 3.8) is 0 Å². The summed E-state index contributed by atoms with van der Waals surface area (Å²) in [5, 5.41) is 5.12. The molecule has 0 unspecified atom stereocenters. The average Bonchev–Trinajstić information content (AvgIpc) is 2.65. The molecule has 4 N–H and O–H groups in total. The van der Waals surface area contributed by atoms with Crippen LogP contribution in [0.1, 0.15) is 32.7 Å². The Morgan fingerprint density at radius 1 is 0.885 bits per heavy atom. The molecule has 0 saturated heterocycles. The number of hydrogen-bond acceptors (Lipinski definition) is 3. The molecule has 0 heterocycles. The molecular weight excluding hydrogens is 347 g/mol. The van der Waals surface area contributed by atoms with Crippen molar-refractivity contribution in [1.29, 1.82) is 0 Å². The second-order valence-electron chi connectivity index (χ2n) is 5.50. The maximum atomic E-state index is 13.6. The quantitative estimate of drug-likeness (QED) is 0.519. The Balaban J connectivity index is 1.94. The van der Waals surface area contributed by atoms with Crippen LogP contribution in [-0.4, -0.2) is 24.9 Å². The summed E-state index contributed by atoms with van der Waals surface area (Å²) in [6.45, 7) is 0.997. The van der Waals surface area contributed by atoms with Gasteiger partial charge in [-0.05, 0) is 42.8 Å². The zero-order valence-electron chi connectivity index (χ0n) is 13.8. The number of hydrogen-bond donors (Lipinski definition) is 3. The van der Waals surface area contributed by atoms with Crippen molar-refractivity contribution in [2.75, 3.05) is 13.1 Å². The number of halogens is 3. The third kappa shape index (κ3) is 4.82. The van der Waals surface area contributed by atoms with Crippen LogP contribution in [0.25, 0.3) is 0 Å². The van der Waals surface area contributed by atoms with E-state index in [1.54, 1.807) is 24.3 Å². The molecule has 0 aromatic heterocycles. The lowest BCUT2D eigenvalue weighted by atomic mass is 10.1. The highest BCUT2D eigenvalue weighted by atomic mass is 19.2. The lowest BCUT2D eigenvalue weighted by molar-refractivity contribution is 0.0939. The maximum Gasteiger partial charge on any atom is 0.254 e. The summed E-state index contributed by atoms with van der Waals surface area (Å²) in [4.78, 5) is 23.8. The molecule has 0 radical (unpaired) electrons. The first kappa shape index (κ1) is 19.5. The molecule has 0 aliphatic rings. The van der Waals surface area contributed by atoms with Crippen molar-refractivity contribution in [3.8, 4) is 0 Å². The molecule has 2 aromatic carbocycles. The van der Waals surface area contributed by atoms with Gasteiger partial charge in [-0.15, -0.1) is 0 Å². The van der Waals surface area contributed by atoms with Crippen LogP contribution in [0.3, 0.4) is 0 Å². The molecule has 8 heteroatoms. The van der Waals surface area contributed by atoms with Crippen LogP contribution in [0.15, 0.2) is 36.4 Å². The Bertz CT molecular complexity index is 795. The molecule has 0 fully saturated rings. The van der Waals surface area contributed by atoms with E-state index in [0.717, 1.165) is 6.07 Å². The molecular formula is C18H18F3N3O2. The Hall–Kier alpha value is -2.87. The monoisotopic (exact) mass is 365 g/mol.